The first kappa shape index (κ1) is 16.3. The molecule has 0 radical (unpaired) electrons. The Morgan fingerprint density at radius 3 is 2.71 bits per heavy atom. The third kappa shape index (κ3) is 5.94. The molecular formula is C12H23ClN2O2. The zero-order chi connectivity index (χ0) is 11.8. The molecule has 1 rings (SSSR count). The number of hydrogen-bond acceptors (Lipinski definition) is 2. The minimum Gasteiger partial charge on any atom is -0.465 e. The van der Waals surface area contributed by atoms with E-state index in [0.29, 0.717) is 13.1 Å². The highest BCUT2D eigenvalue weighted by Gasteiger charge is 2.22. The van der Waals surface area contributed by atoms with Crippen LogP contribution in [0, 0.1) is 0 Å². The van der Waals surface area contributed by atoms with Crippen LogP contribution in [0.2, 0.25) is 0 Å². The predicted octanol–water partition coefficient (Wildman–Crippen LogP) is 2.63. The first-order chi connectivity index (χ1) is 7.75. The van der Waals surface area contributed by atoms with Gasteiger partial charge in [0.25, 0.3) is 0 Å². The fourth-order valence-corrected chi connectivity index (χ4v) is 2.15. The summed E-state index contributed by atoms with van der Waals surface area (Å²) in [6.45, 7) is 1.12. The summed E-state index contributed by atoms with van der Waals surface area (Å²) in [5.41, 5.74) is 5.43. The van der Waals surface area contributed by atoms with Crippen molar-refractivity contribution in [3.63, 3.8) is 0 Å². The van der Waals surface area contributed by atoms with Gasteiger partial charge in [0, 0.05) is 12.6 Å². The third-order valence-corrected chi connectivity index (χ3v) is 3.03. The highest BCUT2D eigenvalue weighted by atomic mass is 35.5. The van der Waals surface area contributed by atoms with Gasteiger partial charge < -0.3 is 15.7 Å². The number of hydrogen-bond donors (Lipinski definition) is 2. The Hall–Kier alpha value is -0.740. The van der Waals surface area contributed by atoms with Crippen LogP contribution in [0.4, 0.5) is 4.79 Å². The number of allylic oxidation sites excluding steroid dienone is 2. The van der Waals surface area contributed by atoms with Gasteiger partial charge in [0.05, 0.1) is 0 Å². The summed E-state index contributed by atoms with van der Waals surface area (Å²) in [6, 6.07) is 0.175. The number of amides is 1. The number of rotatable bonds is 4. The molecule has 0 fully saturated rings. The summed E-state index contributed by atoms with van der Waals surface area (Å²) in [5.74, 6) is 0. The first-order valence-electron chi connectivity index (χ1n) is 6.10. The van der Waals surface area contributed by atoms with Crippen LogP contribution in [0.15, 0.2) is 12.2 Å². The molecule has 0 spiro atoms. The molecule has 1 amide bonds. The average Bonchev–Trinajstić information content (AvgIpc) is 2.20. The molecule has 5 heteroatoms. The van der Waals surface area contributed by atoms with Gasteiger partial charge in [-0.25, -0.2) is 4.79 Å². The molecule has 0 heterocycles. The molecule has 0 saturated heterocycles. The van der Waals surface area contributed by atoms with Crippen molar-refractivity contribution in [2.24, 2.45) is 5.73 Å². The maximum absolute atomic E-state index is 11.2. The van der Waals surface area contributed by atoms with Gasteiger partial charge in [-0.05, 0) is 45.1 Å². The molecule has 0 aromatic heterocycles. The molecule has 0 aromatic rings. The van der Waals surface area contributed by atoms with Crippen molar-refractivity contribution >= 4 is 18.5 Å². The van der Waals surface area contributed by atoms with Crippen LogP contribution >= 0.6 is 12.4 Å². The van der Waals surface area contributed by atoms with E-state index < -0.39 is 6.09 Å². The van der Waals surface area contributed by atoms with E-state index >= 15 is 0 Å². The summed E-state index contributed by atoms with van der Waals surface area (Å²) in [4.78, 5) is 12.7. The number of carbonyl (C=O) groups is 1. The molecule has 1 aliphatic rings. The molecule has 0 bridgehead atoms. The Morgan fingerprint density at radius 2 is 2.06 bits per heavy atom. The normalized spacial score (nSPS) is 21.8. The molecular weight excluding hydrogens is 240 g/mol. The topological polar surface area (TPSA) is 66.6 Å². The third-order valence-electron chi connectivity index (χ3n) is 3.03. The molecule has 17 heavy (non-hydrogen) atoms. The van der Waals surface area contributed by atoms with E-state index in [0.717, 1.165) is 38.5 Å². The maximum Gasteiger partial charge on any atom is 0.407 e. The van der Waals surface area contributed by atoms with E-state index in [1.807, 2.05) is 0 Å². The standard InChI is InChI=1S/C12H22N2O2.ClH/c13-9-6-10-14(12(15)16)11-7-4-2-1-3-5-8-11;/h1-2,11H,3-10,13H2,(H,15,16);1H/b2-1-;. The molecule has 0 aliphatic heterocycles. The minimum absolute atomic E-state index is 0. The zero-order valence-electron chi connectivity index (χ0n) is 10.2. The van der Waals surface area contributed by atoms with E-state index in [9.17, 15) is 9.90 Å². The van der Waals surface area contributed by atoms with E-state index in [-0.39, 0.29) is 18.4 Å². The number of halogens is 1. The van der Waals surface area contributed by atoms with Crippen molar-refractivity contribution in [3.05, 3.63) is 12.2 Å². The smallest absolute Gasteiger partial charge is 0.407 e. The van der Waals surface area contributed by atoms with Crippen LogP contribution < -0.4 is 5.73 Å². The van der Waals surface area contributed by atoms with E-state index in [1.165, 1.54) is 0 Å². The average molecular weight is 263 g/mol. The molecule has 0 aromatic carbocycles. The van der Waals surface area contributed by atoms with Crippen LogP contribution in [-0.2, 0) is 0 Å². The summed E-state index contributed by atoms with van der Waals surface area (Å²) in [5, 5.41) is 9.18. The Balaban J connectivity index is 0.00000256. The lowest BCUT2D eigenvalue weighted by atomic mass is 9.99. The van der Waals surface area contributed by atoms with Gasteiger partial charge in [-0.3, -0.25) is 0 Å². The van der Waals surface area contributed by atoms with Crippen LogP contribution in [0.25, 0.3) is 0 Å². The quantitative estimate of drug-likeness (QED) is 0.766. The highest BCUT2D eigenvalue weighted by Crippen LogP contribution is 2.18. The van der Waals surface area contributed by atoms with Gasteiger partial charge in [0.1, 0.15) is 0 Å². The van der Waals surface area contributed by atoms with Gasteiger partial charge in [0.2, 0.25) is 0 Å². The second-order valence-corrected chi connectivity index (χ2v) is 4.25. The largest absolute Gasteiger partial charge is 0.465 e. The van der Waals surface area contributed by atoms with Crippen LogP contribution in [0.1, 0.15) is 38.5 Å². The van der Waals surface area contributed by atoms with Gasteiger partial charge in [0.15, 0.2) is 0 Å². The Morgan fingerprint density at radius 1 is 1.35 bits per heavy atom. The van der Waals surface area contributed by atoms with Crippen molar-refractivity contribution in [2.75, 3.05) is 13.1 Å². The lowest BCUT2D eigenvalue weighted by molar-refractivity contribution is 0.117. The molecule has 0 saturated carbocycles. The Bertz CT molecular complexity index is 247. The first-order valence-corrected chi connectivity index (χ1v) is 6.10. The van der Waals surface area contributed by atoms with Crippen molar-refractivity contribution < 1.29 is 9.90 Å². The SMILES string of the molecule is Cl.NCCCN(C(=O)O)C1CC/C=C\CCC1. The van der Waals surface area contributed by atoms with Crippen molar-refractivity contribution in [2.45, 2.75) is 44.6 Å². The molecule has 1 unspecified atom stereocenters. The Kier molecular flexibility index (Phi) is 8.90. The minimum atomic E-state index is -0.803. The summed E-state index contributed by atoms with van der Waals surface area (Å²) < 4.78 is 0. The molecule has 3 N–H and O–H groups in total. The molecule has 4 nitrogen and oxygen atoms in total. The lowest BCUT2D eigenvalue weighted by Gasteiger charge is -2.30. The van der Waals surface area contributed by atoms with E-state index in [1.54, 1.807) is 4.90 Å². The summed E-state index contributed by atoms with van der Waals surface area (Å²) in [6.07, 6.45) is 9.35. The van der Waals surface area contributed by atoms with Crippen LogP contribution in [-0.4, -0.2) is 35.2 Å². The van der Waals surface area contributed by atoms with Gasteiger partial charge in [-0.2, -0.15) is 0 Å². The summed E-state index contributed by atoms with van der Waals surface area (Å²) in [7, 11) is 0. The number of nitrogens with two attached hydrogens (primary N) is 1. The number of carboxylic acid groups (broad SMARTS) is 1. The van der Waals surface area contributed by atoms with Gasteiger partial charge in [-0.1, -0.05) is 12.2 Å². The summed E-state index contributed by atoms with van der Waals surface area (Å²) >= 11 is 0. The van der Waals surface area contributed by atoms with Crippen molar-refractivity contribution in [1.29, 1.82) is 0 Å². The second kappa shape index (κ2) is 9.31. The highest BCUT2D eigenvalue weighted by molar-refractivity contribution is 5.85. The van der Waals surface area contributed by atoms with Crippen LogP contribution in [0.5, 0.6) is 0 Å². The van der Waals surface area contributed by atoms with E-state index in [4.69, 9.17) is 5.73 Å². The fourth-order valence-electron chi connectivity index (χ4n) is 2.15. The predicted molar refractivity (Wildman–Crippen MR) is 71.7 cm³/mol. The fraction of sp³-hybridized carbons (Fsp3) is 0.750. The number of nitrogens with zero attached hydrogens (tertiary/aromatic N) is 1. The van der Waals surface area contributed by atoms with Crippen LogP contribution in [0.3, 0.4) is 0 Å². The van der Waals surface area contributed by atoms with Crippen molar-refractivity contribution in [3.8, 4) is 0 Å². The Labute approximate surface area is 109 Å². The molecule has 1 aliphatic carbocycles. The monoisotopic (exact) mass is 262 g/mol. The zero-order valence-corrected chi connectivity index (χ0v) is 11.0. The second-order valence-electron chi connectivity index (χ2n) is 4.25. The van der Waals surface area contributed by atoms with Crippen molar-refractivity contribution in [1.82, 2.24) is 4.90 Å². The van der Waals surface area contributed by atoms with Gasteiger partial charge >= 0.3 is 6.09 Å². The maximum atomic E-state index is 11.2. The molecule has 100 valence electrons. The lowest BCUT2D eigenvalue weighted by Crippen LogP contribution is -2.40. The molecule has 1 atom stereocenters. The van der Waals surface area contributed by atoms with E-state index in [2.05, 4.69) is 12.2 Å². The van der Waals surface area contributed by atoms with Gasteiger partial charge in [-0.15, -0.1) is 12.4 Å².